The van der Waals surface area contributed by atoms with Crippen molar-refractivity contribution in [3.05, 3.63) is 90.6 Å². The van der Waals surface area contributed by atoms with E-state index in [2.05, 4.69) is 16.9 Å². The lowest BCUT2D eigenvalue weighted by Gasteiger charge is -2.17. The van der Waals surface area contributed by atoms with Crippen molar-refractivity contribution in [3.63, 3.8) is 0 Å². The Balaban J connectivity index is 1.68. The van der Waals surface area contributed by atoms with Gasteiger partial charge in [0.25, 0.3) is 0 Å². The third-order valence-electron chi connectivity index (χ3n) is 4.20. The lowest BCUT2D eigenvalue weighted by Crippen LogP contribution is -2.43. The Bertz CT molecular complexity index is 988. The first-order valence-corrected chi connectivity index (χ1v) is 9.25. The molecule has 0 spiro atoms. The van der Waals surface area contributed by atoms with Crippen molar-refractivity contribution in [2.75, 3.05) is 6.61 Å². The molecule has 1 aromatic heterocycles. The van der Waals surface area contributed by atoms with Crippen molar-refractivity contribution in [1.82, 2.24) is 10.3 Å². The maximum Gasteiger partial charge on any atom is 0.408 e. The van der Waals surface area contributed by atoms with Gasteiger partial charge in [-0.3, -0.25) is 4.98 Å². The Morgan fingerprint density at radius 1 is 1.00 bits per heavy atom. The molecule has 0 radical (unpaired) electrons. The van der Waals surface area contributed by atoms with E-state index in [9.17, 15) is 9.59 Å². The van der Waals surface area contributed by atoms with Crippen LogP contribution in [0, 0.1) is 0 Å². The van der Waals surface area contributed by atoms with Crippen LogP contribution in [-0.2, 0) is 27.3 Å². The van der Waals surface area contributed by atoms with Gasteiger partial charge in [0, 0.05) is 17.5 Å². The predicted molar refractivity (Wildman–Crippen MR) is 110 cm³/mol. The molecule has 0 bridgehead atoms. The number of pyridine rings is 1. The predicted octanol–water partition coefficient (Wildman–Crippen LogP) is 3.80. The SMILES string of the molecule is C=CCOC(=O)[C@@H](Cc1ccc2ccccc2n1)NC(=O)OCc1ccccc1. The van der Waals surface area contributed by atoms with E-state index in [4.69, 9.17) is 9.47 Å². The summed E-state index contributed by atoms with van der Waals surface area (Å²) in [5, 5.41) is 3.58. The first kappa shape index (κ1) is 20.1. The molecule has 0 unspecified atom stereocenters. The normalized spacial score (nSPS) is 11.4. The van der Waals surface area contributed by atoms with Gasteiger partial charge in [-0.2, -0.15) is 0 Å². The van der Waals surface area contributed by atoms with Crippen molar-refractivity contribution >= 4 is 23.0 Å². The van der Waals surface area contributed by atoms with Crippen LogP contribution in [0.2, 0.25) is 0 Å². The highest BCUT2D eigenvalue weighted by atomic mass is 16.6. The zero-order valence-electron chi connectivity index (χ0n) is 15.9. The summed E-state index contributed by atoms with van der Waals surface area (Å²) in [5.41, 5.74) is 2.33. The van der Waals surface area contributed by atoms with Crippen molar-refractivity contribution in [2.24, 2.45) is 0 Å². The number of alkyl carbamates (subject to hydrolysis) is 1. The number of nitrogens with zero attached hydrogens (tertiary/aromatic N) is 1. The number of fused-ring (bicyclic) bond motifs is 1. The van der Waals surface area contributed by atoms with Crippen molar-refractivity contribution in [3.8, 4) is 0 Å². The van der Waals surface area contributed by atoms with E-state index in [1.54, 1.807) is 0 Å². The van der Waals surface area contributed by atoms with E-state index in [0.717, 1.165) is 16.5 Å². The summed E-state index contributed by atoms with van der Waals surface area (Å²) in [6, 6.07) is 19.8. The molecule has 6 heteroatoms. The molecular formula is C23H22N2O4. The minimum absolute atomic E-state index is 0.0568. The van der Waals surface area contributed by atoms with Gasteiger partial charge in [0.1, 0.15) is 19.3 Å². The van der Waals surface area contributed by atoms with E-state index in [0.29, 0.717) is 5.69 Å². The monoisotopic (exact) mass is 390 g/mol. The second-order valence-corrected chi connectivity index (χ2v) is 6.38. The lowest BCUT2D eigenvalue weighted by atomic mass is 10.1. The number of carbonyl (C=O) groups excluding carboxylic acids is 2. The second-order valence-electron chi connectivity index (χ2n) is 6.38. The first-order valence-electron chi connectivity index (χ1n) is 9.25. The number of hydrogen-bond acceptors (Lipinski definition) is 5. The van der Waals surface area contributed by atoms with Crippen LogP contribution in [0.4, 0.5) is 4.79 Å². The quantitative estimate of drug-likeness (QED) is 0.468. The Morgan fingerprint density at radius 2 is 1.76 bits per heavy atom. The van der Waals surface area contributed by atoms with Crippen LogP contribution in [-0.4, -0.2) is 29.7 Å². The van der Waals surface area contributed by atoms with Crippen LogP contribution in [0.25, 0.3) is 10.9 Å². The van der Waals surface area contributed by atoms with Crippen LogP contribution in [0.3, 0.4) is 0 Å². The van der Waals surface area contributed by atoms with Crippen molar-refractivity contribution in [1.29, 1.82) is 0 Å². The largest absolute Gasteiger partial charge is 0.460 e. The lowest BCUT2D eigenvalue weighted by molar-refractivity contribution is -0.144. The van der Waals surface area contributed by atoms with Crippen LogP contribution in [0.1, 0.15) is 11.3 Å². The van der Waals surface area contributed by atoms with Crippen LogP contribution >= 0.6 is 0 Å². The summed E-state index contributed by atoms with van der Waals surface area (Å²) >= 11 is 0. The van der Waals surface area contributed by atoms with E-state index in [1.165, 1.54) is 6.08 Å². The topological polar surface area (TPSA) is 77.5 Å². The zero-order valence-corrected chi connectivity index (χ0v) is 15.9. The molecule has 1 amide bonds. The van der Waals surface area contributed by atoms with Crippen LogP contribution in [0.15, 0.2) is 79.4 Å². The number of ether oxygens (including phenoxy) is 2. The van der Waals surface area contributed by atoms with Gasteiger partial charge in [-0.1, -0.05) is 67.3 Å². The number of carbonyl (C=O) groups is 2. The third kappa shape index (κ3) is 5.90. The van der Waals surface area contributed by atoms with Crippen molar-refractivity contribution < 1.29 is 19.1 Å². The standard InChI is InChI=1S/C23H22N2O4/c1-2-14-28-22(26)21(25-23(27)29-16-17-8-4-3-5-9-17)15-19-13-12-18-10-6-7-11-20(18)24-19/h2-13,21H,1,14-16H2,(H,25,27)/t21-/m1/s1. The van der Waals surface area contributed by atoms with E-state index >= 15 is 0 Å². The third-order valence-corrected chi connectivity index (χ3v) is 4.20. The molecule has 0 aliphatic rings. The molecule has 0 aliphatic heterocycles. The number of nitrogens with one attached hydrogen (secondary N) is 1. The average Bonchev–Trinajstić information content (AvgIpc) is 2.76. The fourth-order valence-electron chi connectivity index (χ4n) is 2.77. The van der Waals surface area contributed by atoms with Crippen molar-refractivity contribution in [2.45, 2.75) is 19.1 Å². The minimum atomic E-state index is -0.924. The molecule has 0 saturated carbocycles. The molecule has 1 N–H and O–H groups in total. The number of para-hydroxylation sites is 1. The van der Waals surface area contributed by atoms with Gasteiger partial charge >= 0.3 is 12.1 Å². The van der Waals surface area contributed by atoms with Gasteiger partial charge in [0.2, 0.25) is 0 Å². The smallest absolute Gasteiger partial charge is 0.408 e. The molecule has 29 heavy (non-hydrogen) atoms. The maximum atomic E-state index is 12.4. The molecule has 6 nitrogen and oxygen atoms in total. The zero-order chi connectivity index (χ0) is 20.5. The van der Waals surface area contributed by atoms with Gasteiger partial charge in [0.05, 0.1) is 5.52 Å². The molecule has 0 fully saturated rings. The van der Waals surface area contributed by atoms with E-state index in [-0.39, 0.29) is 19.6 Å². The second kappa shape index (κ2) is 10.0. The first-order chi connectivity index (χ1) is 14.2. The number of esters is 1. The average molecular weight is 390 g/mol. The van der Waals surface area contributed by atoms with Gasteiger partial charge in [-0.25, -0.2) is 9.59 Å². The van der Waals surface area contributed by atoms with Gasteiger partial charge in [-0.15, -0.1) is 0 Å². The number of aromatic nitrogens is 1. The van der Waals surface area contributed by atoms with Gasteiger partial charge in [0.15, 0.2) is 0 Å². The number of hydrogen-bond donors (Lipinski definition) is 1. The minimum Gasteiger partial charge on any atom is -0.460 e. The highest BCUT2D eigenvalue weighted by molar-refractivity contribution is 5.82. The summed E-state index contributed by atoms with van der Waals surface area (Å²) in [5.74, 6) is -0.573. The Labute approximate surface area is 169 Å². The molecular weight excluding hydrogens is 368 g/mol. The Morgan fingerprint density at radius 3 is 2.55 bits per heavy atom. The summed E-state index contributed by atoms with van der Waals surface area (Å²) < 4.78 is 10.3. The van der Waals surface area contributed by atoms with Crippen LogP contribution < -0.4 is 5.32 Å². The number of amides is 1. The summed E-state index contributed by atoms with van der Waals surface area (Å²) in [6.45, 7) is 3.70. The Kier molecular flexibility index (Phi) is 6.95. The molecule has 2 aromatic carbocycles. The van der Waals surface area contributed by atoms with Crippen LogP contribution in [0.5, 0.6) is 0 Å². The number of rotatable bonds is 8. The summed E-state index contributed by atoms with van der Waals surface area (Å²) in [7, 11) is 0. The fraction of sp³-hybridized carbons (Fsp3) is 0.174. The molecule has 148 valence electrons. The number of benzene rings is 2. The van der Waals surface area contributed by atoms with E-state index < -0.39 is 18.1 Å². The molecule has 1 heterocycles. The van der Waals surface area contributed by atoms with Gasteiger partial charge < -0.3 is 14.8 Å². The molecule has 3 rings (SSSR count). The van der Waals surface area contributed by atoms with E-state index in [1.807, 2.05) is 66.7 Å². The highest BCUT2D eigenvalue weighted by Crippen LogP contribution is 2.13. The Hall–Kier alpha value is -3.67. The maximum absolute atomic E-state index is 12.4. The summed E-state index contributed by atoms with van der Waals surface area (Å²) in [4.78, 5) is 29.2. The molecule has 0 saturated heterocycles. The molecule has 3 aromatic rings. The molecule has 0 aliphatic carbocycles. The highest BCUT2D eigenvalue weighted by Gasteiger charge is 2.24. The fourth-order valence-corrected chi connectivity index (χ4v) is 2.77. The summed E-state index contributed by atoms with van der Waals surface area (Å²) in [6.07, 6.45) is 0.952. The van der Waals surface area contributed by atoms with Gasteiger partial charge in [-0.05, 0) is 17.7 Å². The molecule has 1 atom stereocenters.